The Hall–Kier alpha value is -3.65. The summed E-state index contributed by atoms with van der Waals surface area (Å²) >= 11 is 0. The number of hydrogen-bond donors (Lipinski definition) is 3. The number of nitrogens with one attached hydrogen (secondary N) is 3. The second-order valence-electron chi connectivity index (χ2n) is 8.01. The number of carbonyl (C=O) groups is 2. The maximum atomic E-state index is 13.1. The van der Waals surface area contributed by atoms with Crippen LogP contribution in [-0.2, 0) is 10.0 Å². The first-order valence-electron chi connectivity index (χ1n) is 11.1. The number of aryl methyl sites for hydroxylation is 2. The molecule has 8 heteroatoms. The Morgan fingerprint density at radius 3 is 2.21 bits per heavy atom. The summed E-state index contributed by atoms with van der Waals surface area (Å²) in [6.45, 7) is 6.06. The quantitative estimate of drug-likeness (QED) is 0.380. The van der Waals surface area contributed by atoms with Gasteiger partial charge in [-0.15, -0.1) is 0 Å². The van der Waals surface area contributed by atoms with Crippen LogP contribution in [0.4, 0.5) is 11.4 Å². The molecule has 0 spiro atoms. The number of carbonyl (C=O) groups excluding carboxylic acids is 2. The number of unbranched alkanes of at least 4 members (excludes halogenated alkanes) is 1. The molecule has 2 amide bonds. The van der Waals surface area contributed by atoms with Gasteiger partial charge in [0.1, 0.15) is 0 Å². The summed E-state index contributed by atoms with van der Waals surface area (Å²) in [5.41, 5.74) is 2.62. The summed E-state index contributed by atoms with van der Waals surface area (Å²) in [7, 11) is -3.92. The Morgan fingerprint density at radius 1 is 0.824 bits per heavy atom. The van der Waals surface area contributed by atoms with Crippen molar-refractivity contribution in [3.63, 3.8) is 0 Å². The first-order chi connectivity index (χ1) is 16.2. The molecule has 7 nitrogen and oxygen atoms in total. The van der Waals surface area contributed by atoms with Gasteiger partial charge in [0, 0.05) is 12.1 Å². The molecule has 0 unspecified atom stereocenters. The zero-order valence-electron chi connectivity index (χ0n) is 19.5. The lowest BCUT2D eigenvalue weighted by atomic mass is 10.1. The van der Waals surface area contributed by atoms with Crippen molar-refractivity contribution >= 4 is 33.2 Å². The van der Waals surface area contributed by atoms with E-state index in [-0.39, 0.29) is 16.4 Å². The van der Waals surface area contributed by atoms with Crippen molar-refractivity contribution in [3.8, 4) is 0 Å². The first-order valence-corrected chi connectivity index (χ1v) is 12.6. The monoisotopic (exact) mass is 479 g/mol. The molecule has 178 valence electrons. The van der Waals surface area contributed by atoms with Crippen LogP contribution in [0.2, 0.25) is 0 Å². The summed E-state index contributed by atoms with van der Waals surface area (Å²) in [4.78, 5) is 25.5. The summed E-state index contributed by atoms with van der Waals surface area (Å²) in [5, 5.41) is 5.58. The predicted octanol–water partition coefficient (Wildman–Crippen LogP) is 4.89. The van der Waals surface area contributed by atoms with E-state index >= 15 is 0 Å². The minimum atomic E-state index is -3.92. The van der Waals surface area contributed by atoms with E-state index in [9.17, 15) is 18.0 Å². The van der Waals surface area contributed by atoms with Crippen LogP contribution in [0, 0.1) is 13.8 Å². The molecule has 0 fully saturated rings. The third-order valence-electron chi connectivity index (χ3n) is 5.37. The van der Waals surface area contributed by atoms with Gasteiger partial charge in [-0.25, -0.2) is 8.42 Å². The topological polar surface area (TPSA) is 104 Å². The molecule has 0 saturated carbocycles. The Labute approximate surface area is 200 Å². The highest BCUT2D eigenvalue weighted by Crippen LogP contribution is 2.24. The zero-order chi connectivity index (χ0) is 24.7. The molecule has 0 heterocycles. The Balaban J connectivity index is 1.85. The van der Waals surface area contributed by atoms with E-state index in [1.165, 1.54) is 6.07 Å². The second-order valence-corrected chi connectivity index (χ2v) is 9.66. The molecule has 0 aliphatic rings. The van der Waals surface area contributed by atoms with Gasteiger partial charge in [-0.1, -0.05) is 49.7 Å². The van der Waals surface area contributed by atoms with Crippen LogP contribution in [0.15, 0.2) is 71.6 Å². The van der Waals surface area contributed by atoms with Gasteiger partial charge in [0.05, 0.1) is 21.8 Å². The summed E-state index contributed by atoms with van der Waals surface area (Å²) < 4.78 is 28.8. The molecule has 0 aliphatic heterocycles. The maximum Gasteiger partial charge on any atom is 0.262 e. The number of rotatable bonds is 9. The van der Waals surface area contributed by atoms with Crippen molar-refractivity contribution in [2.24, 2.45) is 0 Å². The molecule has 0 bridgehead atoms. The van der Waals surface area contributed by atoms with E-state index in [1.54, 1.807) is 55.5 Å². The molecular formula is C26H29N3O4S. The summed E-state index contributed by atoms with van der Waals surface area (Å²) in [6.07, 6.45) is 1.81. The summed E-state index contributed by atoms with van der Waals surface area (Å²) in [5.74, 6) is -0.792. The van der Waals surface area contributed by atoms with E-state index in [0.717, 1.165) is 18.4 Å². The molecule has 34 heavy (non-hydrogen) atoms. The van der Waals surface area contributed by atoms with Gasteiger partial charge in [0.25, 0.3) is 21.8 Å². The van der Waals surface area contributed by atoms with Gasteiger partial charge in [-0.05, 0) is 61.7 Å². The van der Waals surface area contributed by atoms with Gasteiger partial charge in [-0.2, -0.15) is 0 Å². The third kappa shape index (κ3) is 6.02. The Bertz CT molecular complexity index is 1300. The fraction of sp³-hybridized carbons (Fsp3) is 0.231. The average molecular weight is 480 g/mol. The average Bonchev–Trinajstić information content (AvgIpc) is 2.81. The number of amides is 2. The number of anilines is 2. The van der Waals surface area contributed by atoms with Crippen LogP contribution in [0.5, 0.6) is 0 Å². The third-order valence-corrected chi connectivity index (χ3v) is 6.87. The van der Waals surface area contributed by atoms with Gasteiger partial charge >= 0.3 is 0 Å². The minimum absolute atomic E-state index is 0.00833. The molecule has 3 aromatic carbocycles. The van der Waals surface area contributed by atoms with Gasteiger partial charge in [-0.3, -0.25) is 14.3 Å². The van der Waals surface area contributed by atoms with Crippen molar-refractivity contribution < 1.29 is 18.0 Å². The fourth-order valence-electron chi connectivity index (χ4n) is 3.38. The molecular weight excluding hydrogens is 450 g/mol. The van der Waals surface area contributed by atoms with E-state index in [1.807, 2.05) is 26.0 Å². The zero-order valence-corrected chi connectivity index (χ0v) is 20.3. The summed E-state index contributed by atoms with van der Waals surface area (Å²) in [6, 6.07) is 18.3. The van der Waals surface area contributed by atoms with Crippen molar-refractivity contribution in [2.75, 3.05) is 16.6 Å². The minimum Gasteiger partial charge on any atom is -0.352 e. The first kappa shape index (κ1) is 25.0. The van der Waals surface area contributed by atoms with Crippen molar-refractivity contribution in [3.05, 3.63) is 89.0 Å². The van der Waals surface area contributed by atoms with Crippen LogP contribution in [0.1, 0.15) is 51.6 Å². The molecule has 3 rings (SSSR count). The number of hydrogen-bond acceptors (Lipinski definition) is 4. The molecule has 0 aliphatic carbocycles. The van der Waals surface area contributed by atoms with E-state index < -0.39 is 15.9 Å². The lowest BCUT2D eigenvalue weighted by Gasteiger charge is -2.14. The van der Waals surface area contributed by atoms with Crippen molar-refractivity contribution in [1.82, 2.24) is 5.32 Å². The molecule has 0 saturated heterocycles. The molecule has 3 aromatic rings. The van der Waals surface area contributed by atoms with Crippen LogP contribution in [0.3, 0.4) is 0 Å². The normalized spacial score (nSPS) is 11.0. The van der Waals surface area contributed by atoms with Crippen LogP contribution < -0.4 is 15.4 Å². The Kier molecular flexibility index (Phi) is 8.07. The highest BCUT2D eigenvalue weighted by atomic mass is 32.2. The Morgan fingerprint density at radius 2 is 1.50 bits per heavy atom. The fourth-order valence-corrected chi connectivity index (χ4v) is 4.78. The SMILES string of the molecule is CCCCNC(=O)c1ccccc1NC(=O)c1ccc(C)c(S(=O)(=O)Nc2ccccc2C)c1. The van der Waals surface area contributed by atoms with Crippen LogP contribution in [-0.4, -0.2) is 26.8 Å². The number of sulfonamides is 1. The van der Waals surface area contributed by atoms with Crippen LogP contribution in [0.25, 0.3) is 0 Å². The van der Waals surface area contributed by atoms with E-state index in [2.05, 4.69) is 15.4 Å². The standard InChI is InChI=1S/C26H29N3O4S/c1-4-5-16-27-26(31)21-11-7-9-13-23(21)28-25(30)20-15-14-19(3)24(17-20)34(32,33)29-22-12-8-6-10-18(22)2/h6-15,17,29H,4-5,16H2,1-3H3,(H,27,31)(H,28,30). The van der Waals surface area contributed by atoms with Crippen LogP contribution >= 0.6 is 0 Å². The number of benzene rings is 3. The largest absolute Gasteiger partial charge is 0.352 e. The lowest BCUT2D eigenvalue weighted by molar-refractivity contribution is 0.0954. The smallest absolute Gasteiger partial charge is 0.262 e. The molecule has 0 radical (unpaired) electrons. The lowest BCUT2D eigenvalue weighted by Crippen LogP contribution is -2.26. The highest BCUT2D eigenvalue weighted by Gasteiger charge is 2.21. The van der Waals surface area contributed by atoms with Crippen molar-refractivity contribution in [2.45, 2.75) is 38.5 Å². The van der Waals surface area contributed by atoms with Gasteiger partial charge in [0.2, 0.25) is 0 Å². The second kappa shape index (κ2) is 11.0. The highest BCUT2D eigenvalue weighted by molar-refractivity contribution is 7.92. The predicted molar refractivity (Wildman–Crippen MR) is 135 cm³/mol. The van der Waals surface area contributed by atoms with Gasteiger partial charge < -0.3 is 10.6 Å². The molecule has 0 aromatic heterocycles. The van der Waals surface area contributed by atoms with Gasteiger partial charge in [0.15, 0.2) is 0 Å². The van der Waals surface area contributed by atoms with Crippen molar-refractivity contribution in [1.29, 1.82) is 0 Å². The van der Waals surface area contributed by atoms with E-state index in [4.69, 9.17) is 0 Å². The molecule has 0 atom stereocenters. The van der Waals surface area contributed by atoms with E-state index in [0.29, 0.717) is 29.0 Å². The molecule has 3 N–H and O–H groups in total. The number of para-hydroxylation sites is 2. The maximum absolute atomic E-state index is 13.1.